The molecule has 1 aromatic rings. The molecule has 0 radical (unpaired) electrons. The van der Waals surface area contributed by atoms with Crippen LogP contribution in [0.3, 0.4) is 0 Å². The summed E-state index contributed by atoms with van der Waals surface area (Å²) in [5.41, 5.74) is 3.50. The van der Waals surface area contributed by atoms with Crippen molar-refractivity contribution in [1.29, 1.82) is 0 Å². The first-order valence-corrected chi connectivity index (χ1v) is 8.48. The Bertz CT molecular complexity index is 545. The van der Waals surface area contributed by atoms with Gasteiger partial charge in [-0.2, -0.15) is 5.10 Å². The monoisotopic (exact) mass is 305 g/mol. The summed E-state index contributed by atoms with van der Waals surface area (Å²) in [5, 5.41) is 7.81. The maximum atomic E-state index is 12.3. The number of likely N-dealkylation sites (tertiary alicyclic amines) is 1. The second-order valence-corrected chi connectivity index (χ2v) is 7.54. The molecule has 5 heteroatoms. The lowest BCUT2D eigenvalue weighted by molar-refractivity contribution is 0.0197. The van der Waals surface area contributed by atoms with Crippen LogP contribution in [0.4, 0.5) is 4.79 Å². The molecule has 1 aromatic heterocycles. The van der Waals surface area contributed by atoms with E-state index in [4.69, 9.17) is 4.74 Å². The Balaban J connectivity index is 1.71. The Morgan fingerprint density at radius 3 is 2.82 bits per heavy atom. The zero-order valence-corrected chi connectivity index (χ0v) is 13.9. The van der Waals surface area contributed by atoms with E-state index < -0.39 is 5.60 Å². The van der Waals surface area contributed by atoms with Crippen LogP contribution in [-0.4, -0.2) is 39.9 Å². The zero-order chi connectivity index (χ0) is 15.7. The van der Waals surface area contributed by atoms with Gasteiger partial charge in [0.2, 0.25) is 0 Å². The van der Waals surface area contributed by atoms with Gasteiger partial charge >= 0.3 is 6.09 Å². The number of hydrogen-bond acceptors (Lipinski definition) is 3. The number of piperidine rings is 1. The number of H-pyrrole nitrogens is 1. The SMILES string of the molecule is CC(C)(C)OC(=O)N1CCCC(c2n[nH]c3c2CCCC3)C1. The van der Waals surface area contributed by atoms with Crippen molar-refractivity contribution in [3.8, 4) is 0 Å². The minimum absolute atomic E-state index is 0.193. The third-order valence-corrected chi connectivity index (χ3v) is 4.55. The van der Waals surface area contributed by atoms with Crippen LogP contribution in [0, 0.1) is 0 Å². The smallest absolute Gasteiger partial charge is 0.410 e. The predicted octanol–water partition coefficient (Wildman–Crippen LogP) is 3.40. The van der Waals surface area contributed by atoms with E-state index in [0.29, 0.717) is 5.92 Å². The van der Waals surface area contributed by atoms with Crippen LogP contribution in [0.2, 0.25) is 0 Å². The summed E-state index contributed by atoms with van der Waals surface area (Å²) >= 11 is 0. The van der Waals surface area contributed by atoms with E-state index in [2.05, 4.69) is 10.2 Å². The molecule has 1 aliphatic heterocycles. The number of rotatable bonds is 1. The third kappa shape index (κ3) is 3.28. The summed E-state index contributed by atoms with van der Waals surface area (Å²) in [4.78, 5) is 14.1. The van der Waals surface area contributed by atoms with E-state index in [1.54, 1.807) is 0 Å². The minimum atomic E-state index is -0.435. The number of aromatic nitrogens is 2. The number of nitrogens with zero attached hydrogens (tertiary/aromatic N) is 2. The lowest BCUT2D eigenvalue weighted by atomic mass is 9.87. The fourth-order valence-electron chi connectivity index (χ4n) is 3.54. The van der Waals surface area contributed by atoms with Crippen LogP contribution < -0.4 is 0 Å². The molecule has 1 fully saturated rings. The maximum Gasteiger partial charge on any atom is 0.410 e. The molecule has 2 heterocycles. The van der Waals surface area contributed by atoms with E-state index in [1.807, 2.05) is 25.7 Å². The Labute approximate surface area is 132 Å². The molecule has 0 aromatic carbocycles. The lowest BCUT2D eigenvalue weighted by Gasteiger charge is -2.34. The van der Waals surface area contributed by atoms with Gasteiger partial charge in [-0.05, 0) is 64.9 Å². The number of fused-ring (bicyclic) bond motifs is 1. The number of hydrogen-bond donors (Lipinski definition) is 1. The van der Waals surface area contributed by atoms with E-state index in [0.717, 1.165) is 38.8 Å². The molecule has 1 unspecified atom stereocenters. The van der Waals surface area contributed by atoms with Crippen LogP contribution in [-0.2, 0) is 17.6 Å². The molecule has 0 bridgehead atoms. The van der Waals surface area contributed by atoms with E-state index >= 15 is 0 Å². The van der Waals surface area contributed by atoms with Gasteiger partial charge in [-0.1, -0.05) is 0 Å². The van der Waals surface area contributed by atoms with Gasteiger partial charge in [0, 0.05) is 24.7 Å². The normalized spacial score (nSPS) is 22.3. The highest BCUT2D eigenvalue weighted by molar-refractivity contribution is 5.68. The number of carbonyl (C=O) groups is 1. The maximum absolute atomic E-state index is 12.3. The number of carbonyl (C=O) groups excluding carboxylic acids is 1. The number of nitrogens with one attached hydrogen (secondary N) is 1. The molecule has 22 heavy (non-hydrogen) atoms. The fourth-order valence-corrected chi connectivity index (χ4v) is 3.54. The second-order valence-electron chi connectivity index (χ2n) is 7.54. The summed E-state index contributed by atoms with van der Waals surface area (Å²) in [6, 6.07) is 0. The molecule has 0 saturated carbocycles. The Morgan fingerprint density at radius 2 is 2.05 bits per heavy atom. The summed E-state index contributed by atoms with van der Waals surface area (Å²) in [7, 11) is 0. The first-order valence-electron chi connectivity index (χ1n) is 8.48. The average Bonchev–Trinajstić information content (AvgIpc) is 2.89. The van der Waals surface area contributed by atoms with Crippen molar-refractivity contribution in [3.05, 3.63) is 17.0 Å². The zero-order valence-electron chi connectivity index (χ0n) is 13.9. The minimum Gasteiger partial charge on any atom is -0.444 e. The number of ether oxygens (including phenoxy) is 1. The molecule has 1 atom stereocenters. The van der Waals surface area contributed by atoms with Gasteiger partial charge in [-0.3, -0.25) is 5.10 Å². The van der Waals surface area contributed by atoms with Crippen molar-refractivity contribution in [3.63, 3.8) is 0 Å². The molecule has 1 saturated heterocycles. The van der Waals surface area contributed by atoms with Gasteiger partial charge in [-0.25, -0.2) is 4.79 Å². The van der Waals surface area contributed by atoms with Crippen LogP contribution in [0.25, 0.3) is 0 Å². The summed E-state index contributed by atoms with van der Waals surface area (Å²) in [6.45, 7) is 7.26. The predicted molar refractivity (Wildman–Crippen MR) is 85.0 cm³/mol. The van der Waals surface area contributed by atoms with E-state index in [-0.39, 0.29) is 6.09 Å². The van der Waals surface area contributed by atoms with Crippen molar-refractivity contribution < 1.29 is 9.53 Å². The number of amides is 1. The number of aromatic amines is 1. The van der Waals surface area contributed by atoms with Crippen molar-refractivity contribution in [2.75, 3.05) is 13.1 Å². The number of aryl methyl sites for hydroxylation is 1. The molecule has 1 N–H and O–H groups in total. The highest BCUT2D eigenvalue weighted by Crippen LogP contribution is 2.32. The van der Waals surface area contributed by atoms with Gasteiger partial charge in [0.1, 0.15) is 5.60 Å². The van der Waals surface area contributed by atoms with Gasteiger partial charge in [0.05, 0.1) is 5.69 Å². The second kappa shape index (κ2) is 5.94. The molecule has 0 spiro atoms. The molecule has 1 aliphatic carbocycles. The molecule has 3 rings (SSSR count). The third-order valence-electron chi connectivity index (χ3n) is 4.55. The lowest BCUT2D eigenvalue weighted by Crippen LogP contribution is -2.42. The van der Waals surface area contributed by atoms with E-state index in [1.165, 1.54) is 29.8 Å². The van der Waals surface area contributed by atoms with Crippen molar-refractivity contribution in [2.24, 2.45) is 0 Å². The Hall–Kier alpha value is -1.52. The Morgan fingerprint density at radius 1 is 1.27 bits per heavy atom. The summed E-state index contributed by atoms with van der Waals surface area (Å²) in [5.74, 6) is 0.347. The summed E-state index contributed by atoms with van der Waals surface area (Å²) < 4.78 is 5.51. The van der Waals surface area contributed by atoms with Crippen LogP contribution in [0.15, 0.2) is 0 Å². The highest BCUT2D eigenvalue weighted by atomic mass is 16.6. The van der Waals surface area contributed by atoms with Crippen molar-refractivity contribution >= 4 is 6.09 Å². The van der Waals surface area contributed by atoms with Crippen LogP contribution in [0.1, 0.15) is 69.3 Å². The van der Waals surface area contributed by atoms with Gasteiger partial charge in [-0.15, -0.1) is 0 Å². The molecular weight excluding hydrogens is 278 g/mol. The quantitative estimate of drug-likeness (QED) is 0.865. The molecule has 122 valence electrons. The van der Waals surface area contributed by atoms with E-state index in [9.17, 15) is 4.79 Å². The van der Waals surface area contributed by atoms with Crippen LogP contribution >= 0.6 is 0 Å². The fraction of sp³-hybridized carbons (Fsp3) is 0.765. The largest absolute Gasteiger partial charge is 0.444 e. The first kappa shape index (κ1) is 15.4. The van der Waals surface area contributed by atoms with Crippen LogP contribution in [0.5, 0.6) is 0 Å². The summed E-state index contributed by atoms with van der Waals surface area (Å²) in [6.07, 6.45) is 6.68. The highest BCUT2D eigenvalue weighted by Gasteiger charge is 2.31. The topological polar surface area (TPSA) is 58.2 Å². The first-order chi connectivity index (χ1) is 10.4. The molecule has 5 nitrogen and oxygen atoms in total. The van der Waals surface area contributed by atoms with Gasteiger partial charge in [0.25, 0.3) is 0 Å². The average molecular weight is 305 g/mol. The molecule has 2 aliphatic rings. The standard InChI is InChI=1S/C17H27N3O2/c1-17(2,3)22-16(21)20-10-6-7-12(11-20)15-13-8-4-5-9-14(13)18-19-15/h12H,4-11H2,1-3H3,(H,18,19). The Kier molecular flexibility index (Phi) is 4.15. The van der Waals surface area contributed by atoms with Gasteiger partial charge in [0.15, 0.2) is 0 Å². The molecule has 1 amide bonds. The van der Waals surface area contributed by atoms with Crippen molar-refractivity contribution in [2.45, 2.75) is 70.8 Å². The van der Waals surface area contributed by atoms with Gasteiger partial charge < -0.3 is 9.64 Å². The van der Waals surface area contributed by atoms with Crippen molar-refractivity contribution in [1.82, 2.24) is 15.1 Å². The molecular formula is C17H27N3O2.